The predicted molar refractivity (Wildman–Crippen MR) is 80.1 cm³/mol. The molecule has 2 heterocycles. The number of pyridine rings is 1. The molecule has 6 heteroatoms. The summed E-state index contributed by atoms with van der Waals surface area (Å²) in [5, 5.41) is 10.7. The smallest absolute Gasteiger partial charge is 0.212 e. The molecule has 2 rings (SSSR count). The number of nitrogens with one attached hydrogen (secondary N) is 2. The molecule has 0 spiro atoms. The van der Waals surface area contributed by atoms with Gasteiger partial charge in [-0.1, -0.05) is 6.08 Å². The number of nitrogens with zero attached hydrogens (tertiary/aromatic N) is 2. The largest absolute Gasteiger partial charge is 0.398 e. The highest BCUT2D eigenvalue weighted by atomic mass is 16.1. The molecule has 0 aliphatic carbocycles. The molecular weight excluding hydrogens is 254 g/mol. The molecule has 4 N–H and O–H groups in total. The van der Waals surface area contributed by atoms with Gasteiger partial charge in [0.2, 0.25) is 6.41 Å². The third-order valence-corrected chi connectivity index (χ3v) is 2.80. The van der Waals surface area contributed by atoms with Crippen molar-refractivity contribution in [3.05, 3.63) is 41.2 Å². The maximum Gasteiger partial charge on any atom is 0.212 e. The fraction of sp³-hybridized carbons (Fsp3) is 0.143. The number of carbonyl (C=O) groups excluding carboxylic acids is 1. The van der Waals surface area contributed by atoms with Crippen LogP contribution >= 0.6 is 0 Å². The number of aromatic nitrogens is 1. The highest BCUT2D eigenvalue weighted by molar-refractivity contribution is 6.15. The van der Waals surface area contributed by atoms with E-state index < -0.39 is 0 Å². The van der Waals surface area contributed by atoms with Crippen LogP contribution in [0.1, 0.15) is 18.9 Å². The number of allylic oxidation sites excluding steroid dienone is 4. The van der Waals surface area contributed by atoms with Crippen molar-refractivity contribution in [2.24, 2.45) is 4.99 Å². The third kappa shape index (κ3) is 2.97. The van der Waals surface area contributed by atoms with Crippen molar-refractivity contribution in [1.29, 1.82) is 5.41 Å². The van der Waals surface area contributed by atoms with E-state index in [1.807, 2.05) is 19.1 Å². The quantitative estimate of drug-likeness (QED) is 0.574. The van der Waals surface area contributed by atoms with Crippen molar-refractivity contribution >= 4 is 29.8 Å². The fourth-order valence-corrected chi connectivity index (χ4v) is 1.85. The molecule has 0 aromatic carbocycles. The molecule has 0 saturated carbocycles. The van der Waals surface area contributed by atoms with E-state index in [2.05, 4.69) is 15.3 Å². The first-order chi connectivity index (χ1) is 9.61. The second-order valence-electron chi connectivity index (χ2n) is 4.29. The molecular formula is C14H15N5O. The number of hydrogen-bond donors (Lipinski definition) is 3. The summed E-state index contributed by atoms with van der Waals surface area (Å²) in [6.07, 6.45) is 8.24. The SMILES string of the molecule is CC1=CC(C(=N)c2cnc(NC=O)cc2N)=CCC=N1. The second-order valence-corrected chi connectivity index (χ2v) is 4.29. The van der Waals surface area contributed by atoms with E-state index in [4.69, 9.17) is 11.1 Å². The Morgan fingerprint density at radius 3 is 3.05 bits per heavy atom. The maximum atomic E-state index is 10.4. The lowest BCUT2D eigenvalue weighted by atomic mass is 10.0. The van der Waals surface area contributed by atoms with Gasteiger partial charge in [-0.05, 0) is 18.6 Å². The van der Waals surface area contributed by atoms with E-state index in [9.17, 15) is 4.79 Å². The second kappa shape index (κ2) is 5.92. The molecule has 1 amide bonds. The van der Waals surface area contributed by atoms with Gasteiger partial charge < -0.3 is 11.1 Å². The molecule has 0 fully saturated rings. The van der Waals surface area contributed by atoms with E-state index >= 15 is 0 Å². The highest BCUT2D eigenvalue weighted by Gasteiger charge is 2.12. The molecule has 102 valence electrons. The third-order valence-electron chi connectivity index (χ3n) is 2.80. The Bertz CT molecular complexity index is 643. The van der Waals surface area contributed by atoms with Crippen LogP contribution in [0.2, 0.25) is 0 Å². The summed E-state index contributed by atoms with van der Waals surface area (Å²) in [7, 11) is 0. The Hall–Kier alpha value is -2.76. The minimum atomic E-state index is 0.289. The summed E-state index contributed by atoms with van der Waals surface area (Å²) in [5.41, 5.74) is 8.72. The maximum absolute atomic E-state index is 10.4. The van der Waals surface area contributed by atoms with Crippen LogP contribution in [-0.4, -0.2) is 23.3 Å². The standard InChI is InChI=1S/C14H15N5O/c1-9-5-10(3-2-4-17-9)14(16)11-7-18-13(19-8-20)6-12(11)15/h3-8,16H,2H2,1H3,(H3,15,18,19,20). The van der Waals surface area contributed by atoms with E-state index in [1.54, 1.807) is 6.21 Å². The lowest BCUT2D eigenvalue weighted by Crippen LogP contribution is -2.08. The molecule has 6 nitrogen and oxygen atoms in total. The number of rotatable bonds is 4. The van der Waals surface area contributed by atoms with Gasteiger partial charge >= 0.3 is 0 Å². The zero-order valence-electron chi connectivity index (χ0n) is 11.1. The molecule has 0 unspecified atom stereocenters. The topological polar surface area (TPSA) is 104 Å². The number of amides is 1. The van der Waals surface area contributed by atoms with Crippen LogP contribution in [0.3, 0.4) is 0 Å². The number of anilines is 2. The highest BCUT2D eigenvalue weighted by Crippen LogP contribution is 2.20. The summed E-state index contributed by atoms with van der Waals surface area (Å²) < 4.78 is 0. The van der Waals surface area contributed by atoms with Gasteiger partial charge in [0, 0.05) is 41.8 Å². The van der Waals surface area contributed by atoms with Crippen LogP contribution in [0.4, 0.5) is 11.5 Å². The van der Waals surface area contributed by atoms with Crippen LogP contribution in [-0.2, 0) is 4.79 Å². The van der Waals surface area contributed by atoms with Gasteiger partial charge in [0.05, 0.1) is 5.71 Å². The average molecular weight is 269 g/mol. The minimum absolute atomic E-state index is 0.289. The normalized spacial score (nSPS) is 14.1. The number of carbonyl (C=O) groups is 1. The Balaban J connectivity index is 2.32. The van der Waals surface area contributed by atoms with Crippen LogP contribution in [0.15, 0.2) is 40.7 Å². The Kier molecular flexibility index (Phi) is 4.05. The zero-order valence-corrected chi connectivity index (χ0v) is 11.1. The molecule has 1 aromatic heterocycles. The number of nitrogens with two attached hydrogens (primary N) is 1. The molecule has 0 radical (unpaired) electrons. The summed E-state index contributed by atoms with van der Waals surface area (Å²) in [6.45, 7) is 1.88. The van der Waals surface area contributed by atoms with Crippen molar-refractivity contribution in [2.45, 2.75) is 13.3 Å². The van der Waals surface area contributed by atoms with Crippen LogP contribution in [0.25, 0.3) is 0 Å². The van der Waals surface area contributed by atoms with Gasteiger partial charge in [0.15, 0.2) is 0 Å². The van der Waals surface area contributed by atoms with Crippen LogP contribution < -0.4 is 11.1 Å². The number of nitrogen functional groups attached to an aromatic ring is 1. The van der Waals surface area contributed by atoms with Crippen LogP contribution in [0, 0.1) is 5.41 Å². The number of hydrogen-bond acceptors (Lipinski definition) is 5. The first-order valence-corrected chi connectivity index (χ1v) is 6.08. The molecule has 0 atom stereocenters. The van der Waals surface area contributed by atoms with Gasteiger partial charge in [0.1, 0.15) is 5.82 Å². The molecule has 0 bridgehead atoms. The van der Waals surface area contributed by atoms with Crippen molar-refractivity contribution in [1.82, 2.24) is 4.98 Å². The van der Waals surface area contributed by atoms with E-state index in [0.717, 1.165) is 11.3 Å². The first kappa shape index (κ1) is 13.7. The van der Waals surface area contributed by atoms with E-state index in [1.165, 1.54) is 12.3 Å². The van der Waals surface area contributed by atoms with E-state index in [0.29, 0.717) is 29.9 Å². The Labute approximate surface area is 116 Å². The van der Waals surface area contributed by atoms with Gasteiger partial charge in [-0.25, -0.2) is 4.98 Å². The van der Waals surface area contributed by atoms with Gasteiger partial charge in [-0.3, -0.25) is 15.2 Å². The Morgan fingerprint density at radius 2 is 2.35 bits per heavy atom. The predicted octanol–water partition coefficient (Wildman–Crippen LogP) is 1.90. The Morgan fingerprint density at radius 1 is 1.55 bits per heavy atom. The lowest BCUT2D eigenvalue weighted by Gasteiger charge is -2.09. The monoisotopic (exact) mass is 269 g/mol. The minimum Gasteiger partial charge on any atom is -0.398 e. The van der Waals surface area contributed by atoms with Crippen molar-refractivity contribution in [3.63, 3.8) is 0 Å². The van der Waals surface area contributed by atoms with Crippen molar-refractivity contribution in [2.75, 3.05) is 11.1 Å². The molecule has 0 saturated heterocycles. The average Bonchev–Trinajstić information content (AvgIpc) is 2.63. The van der Waals surface area contributed by atoms with Crippen molar-refractivity contribution in [3.8, 4) is 0 Å². The van der Waals surface area contributed by atoms with Crippen LogP contribution in [0.5, 0.6) is 0 Å². The summed E-state index contributed by atoms with van der Waals surface area (Å²) in [4.78, 5) is 18.6. The van der Waals surface area contributed by atoms with Gasteiger partial charge in [-0.15, -0.1) is 0 Å². The zero-order chi connectivity index (χ0) is 14.5. The van der Waals surface area contributed by atoms with Crippen molar-refractivity contribution < 1.29 is 4.79 Å². The fourth-order valence-electron chi connectivity index (χ4n) is 1.85. The molecule has 20 heavy (non-hydrogen) atoms. The van der Waals surface area contributed by atoms with E-state index in [-0.39, 0.29) is 5.71 Å². The summed E-state index contributed by atoms with van der Waals surface area (Å²) in [6, 6.07) is 1.53. The molecule has 1 aromatic rings. The number of aliphatic imine (C=N–C) groups is 1. The summed E-state index contributed by atoms with van der Waals surface area (Å²) >= 11 is 0. The van der Waals surface area contributed by atoms with Gasteiger partial charge in [0.25, 0.3) is 0 Å². The molecule has 1 aliphatic heterocycles. The lowest BCUT2D eigenvalue weighted by molar-refractivity contribution is -0.105. The summed E-state index contributed by atoms with van der Waals surface area (Å²) in [5.74, 6) is 0.360. The van der Waals surface area contributed by atoms with Gasteiger partial charge in [-0.2, -0.15) is 0 Å². The molecule has 1 aliphatic rings. The first-order valence-electron chi connectivity index (χ1n) is 6.08.